The lowest BCUT2D eigenvalue weighted by Gasteiger charge is -2.14. The largest absolute Gasteiger partial charge is 0.493 e. The third-order valence-corrected chi connectivity index (χ3v) is 3.77. The van der Waals surface area contributed by atoms with Crippen molar-refractivity contribution < 1.29 is 23.7 Å². The number of rotatable bonds is 4. The van der Waals surface area contributed by atoms with Crippen LogP contribution in [0.1, 0.15) is 10.4 Å². The molecule has 0 atom stereocenters. The van der Waals surface area contributed by atoms with Gasteiger partial charge in [-0.05, 0) is 18.2 Å². The minimum Gasteiger partial charge on any atom is -0.493 e. The number of benzene rings is 2. The second-order valence-corrected chi connectivity index (χ2v) is 4.97. The Morgan fingerprint density at radius 1 is 0.875 bits per heavy atom. The van der Waals surface area contributed by atoms with Crippen molar-refractivity contribution in [2.24, 2.45) is 0 Å². The molecule has 24 heavy (non-hydrogen) atoms. The topological polar surface area (TPSA) is 79.8 Å². The normalized spacial score (nSPS) is 10.7. The summed E-state index contributed by atoms with van der Waals surface area (Å²) in [5.41, 5.74) is 1.53. The summed E-state index contributed by atoms with van der Waals surface area (Å²) in [6, 6.07) is 6.92. The number of methoxy groups -OCH3 is 4. The van der Waals surface area contributed by atoms with Gasteiger partial charge in [0.05, 0.1) is 39.5 Å². The minimum absolute atomic E-state index is 0.408. The zero-order valence-corrected chi connectivity index (χ0v) is 13.7. The molecule has 0 saturated heterocycles. The van der Waals surface area contributed by atoms with Gasteiger partial charge in [-0.3, -0.25) is 0 Å². The number of hydrogen-bond acceptors (Lipinski definition) is 7. The van der Waals surface area contributed by atoms with Crippen LogP contribution in [-0.2, 0) is 4.74 Å². The molecule has 0 N–H and O–H groups in total. The van der Waals surface area contributed by atoms with Crippen LogP contribution in [0.15, 0.2) is 24.3 Å². The predicted octanol–water partition coefficient (Wildman–Crippen LogP) is 2.60. The van der Waals surface area contributed by atoms with Gasteiger partial charge in [-0.2, -0.15) is 0 Å². The Labute approximate surface area is 138 Å². The molecular formula is C17H16N2O5. The summed E-state index contributed by atoms with van der Waals surface area (Å²) in [5.74, 6) is 0.988. The molecule has 1 aromatic heterocycles. The van der Waals surface area contributed by atoms with Crippen LogP contribution >= 0.6 is 0 Å². The first-order valence-corrected chi connectivity index (χ1v) is 7.12. The van der Waals surface area contributed by atoms with Gasteiger partial charge in [0.2, 0.25) is 5.75 Å². The van der Waals surface area contributed by atoms with Crippen molar-refractivity contribution in [3.63, 3.8) is 0 Å². The van der Waals surface area contributed by atoms with E-state index in [-0.39, 0.29) is 0 Å². The van der Waals surface area contributed by atoms with Gasteiger partial charge in [-0.15, -0.1) is 10.2 Å². The van der Waals surface area contributed by atoms with Crippen LogP contribution in [0.5, 0.6) is 17.2 Å². The van der Waals surface area contributed by atoms with Crippen molar-refractivity contribution in [2.75, 3.05) is 28.4 Å². The van der Waals surface area contributed by atoms with Gasteiger partial charge < -0.3 is 18.9 Å². The Kier molecular flexibility index (Phi) is 4.07. The Bertz CT molecular complexity index is 939. The van der Waals surface area contributed by atoms with Crippen LogP contribution in [-0.4, -0.2) is 44.6 Å². The molecule has 0 aliphatic heterocycles. The van der Waals surface area contributed by atoms with Gasteiger partial charge in [0, 0.05) is 10.8 Å². The molecule has 124 valence electrons. The molecule has 3 rings (SSSR count). The first kappa shape index (κ1) is 15.8. The highest BCUT2D eigenvalue weighted by molar-refractivity contribution is 6.08. The third-order valence-electron chi connectivity index (χ3n) is 3.77. The van der Waals surface area contributed by atoms with Crippen LogP contribution in [0, 0.1) is 0 Å². The van der Waals surface area contributed by atoms with Gasteiger partial charge in [0.15, 0.2) is 11.5 Å². The predicted molar refractivity (Wildman–Crippen MR) is 88.0 cm³/mol. The van der Waals surface area contributed by atoms with Crippen molar-refractivity contribution in [1.82, 2.24) is 10.2 Å². The lowest BCUT2D eigenvalue weighted by atomic mass is 10.1. The summed E-state index contributed by atoms with van der Waals surface area (Å²) >= 11 is 0. The van der Waals surface area contributed by atoms with Crippen molar-refractivity contribution >= 4 is 27.8 Å². The smallest absolute Gasteiger partial charge is 0.337 e. The van der Waals surface area contributed by atoms with Gasteiger partial charge >= 0.3 is 5.97 Å². The number of hydrogen-bond donors (Lipinski definition) is 0. The van der Waals surface area contributed by atoms with E-state index in [0.717, 1.165) is 10.8 Å². The van der Waals surface area contributed by atoms with Crippen molar-refractivity contribution in [2.45, 2.75) is 0 Å². The van der Waals surface area contributed by atoms with Gasteiger partial charge in [-0.25, -0.2) is 4.79 Å². The zero-order chi connectivity index (χ0) is 17.3. The van der Waals surface area contributed by atoms with E-state index in [2.05, 4.69) is 10.2 Å². The number of carbonyl (C=O) groups excluding carboxylic acids is 1. The molecule has 0 spiro atoms. The number of fused-ring (bicyclic) bond motifs is 3. The van der Waals surface area contributed by atoms with Gasteiger partial charge in [-0.1, -0.05) is 6.07 Å². The number of aromatic nitrogens is 2. The van der Waals surface area contributed by atoms with Crippen molar-refractivity contribution in [1.29, 1.82) is 0 Å². The van der Waals surface area contributed by atoms with E-state index in [0.29, 0.717) is 33.8 Å². The van der Waals surface area contributed by atoms with E-state index in [9.17, 15) is 4.79 Å². The lowest BCUT2D eigenvalue weighted by Crippen LogP contribution is -2.02. The molecule has 0 bridgehead atoms. The third kappa shape index (κ3) is 2.34. The molecular weight excluding hydrogens is 312 g/mol. The first-order chi connectivity index (χ1) is 11.6. The first-order valence-electron chi connectivity index (χ1n) is 7.12. The standard InChI is InChI=1S/C17H16N2O5/c1-21-13-8-11-10-6-5-9(17(20)24-4)7-12(10)18-19-14(11)16(23-3)15(13)22-2/h5-8H,1-4H3. The molecule has 1 heterocycles. The Balaban J connectivity index is 2.36. The molecule has 0 fully saturated rings. The summed E-state index contributed by atoms with van der Waals surface area (Å²) in [6.45, 7) is 0. The van der Waals surface area contributed by atoms with E-state index in [1.165, 1.54) is 21.3 Å². The van der Waals surface area contributed by atoms with Crippen molar-refractivity contribution in [3.8, 4) is 17.2 Å². The fourth-order valence-electron chi connectivity index (χ4n) is 2.64. The molecule has 0 amide bonds. The van der Waals surface area contributed by atoms with Crippen LogP contribution in [0.25, 0.3) is 21.8 Å². The van der Waals surface area contributed by atoms with Crippen molar-refractivity contribution in [3.05, 3.63) is 29.8 Å². The quantitative estimate of drug-likeness (QED) is 0.538. The van der Waals surface area contributed by atoms with Crippen LogP contribution in [0.2, 0.25) is 0 Å². The summed E-state index contributed by atoms with van der Waals surface area (Å²) in [7, 11) is 5.95. The number of carbonyl (C=O) groups is 1. The Morgan fingerprint density at radius 3 is 2.25 bits per heavy atom. The monoisotopic (exact) mass is 328 g/mol. The highest BCUT2D eigenvalue weighted by Crippen LogP contribution is 2.43. The maximum absolute atomic E-state index is 11.7. The Morgan fingerprint density at radius 2 is 1.62 bits per heavy atom. The SMILES string of the molecule is COC(=O)c1ccc2c(c1)nnc1c(OC)c(OC)c(OC)cc12. The molecule has 0 saturated carbocycles. The summed E-state index contributed by atoms with van der Waals surface area (Å²) < 4.78 is 20.9. The molecule has 0 aliphatic carbocycles. The number of esters is 1. The average Bonchev–Trinajstić information content (AvgIpc) is 2.64. The van der Waals surface area contributed by atoms with Gasteiger partial charge in [0.1, 0.15) is 5.52 Å². The van der Waals surface area contributed by atoms with Crippen LogP contribution in [0.3, 0.4) is 0 Å². The minimum atomic E-state index is -0.427. The van der Waals surface area contributed by atoms with Crippen LogP contribution in [0.4, 0.5) is 0 Å². The summed E-state index contributed by atoms with van der Waals surface area (Å²) in [5, 5.41) is 10.0. The van der Waals surface area contributed by atoms with E-state index >= 15 is 0 Å². The van der Waals surface area contributed by atoms with E-state index in [1.54, 1.807) is 25.3 Å². The maximum atomic E-state index is 11.7. The number of nitrogens with zero attached hydrogens (tertiary/aromatic N) is 2. The molecule has 3 aromatic rings. The average molecular weight is 328 g/mol. The van der Waals surface area contributed by atoms with E-state index < -0.39 is 5.97 Å². The summed E-state index contributed by atoms with van der Waals surface area (Å²) in [6.07, 6.45) is 0. The fraction of sp³-hybridized carbons (Fsp3) is 0.235. The molecule has 0 radical (unpaired) electrons. The second kappa shape index (κ2) is 6.19. The fourth-order valence-corrected chi connectivity index (χ4v) is 2.64. The molecule has 7 nitrogen and oxygen atoms in total. The highest BCUT2D eigenvalue weighted by atomic mass is 16.5. The second-order valence-electron chi connectivity index (χ2n) is 4.97. The Hall–Kier alpha value is -3.09. The molecule has 0 unspecified atom stereocenters. The lowest BCUT2D eigenvalue weighted by molar-refractivity contribution is 0.0601. The molecule has 2 aromatic carbocycles. The van der Waals surface area contributed by atoms with Crippen LogP contribution < -0.4 is 14.2 Å². The molecule has 0 aliphatic rings. The van der Waals surface area contributed by atoms with E-state index in [4.69, 9.17) is 18.9 Å². The highest BCUT2D eigenvalue weighted by Gasteiger charge is 2.19. The van der Waals surface area contributed by atoms with Gasteiger partial charge in [0.25, 0.3) is 0 Å². The maximum Gasteiger partial charge on any atom is 0.337 e. The summed E-state index contributed by atoms with van der Waals surface area (Å²) in [4.78, 5) is 11.7. The van der Waals surface area contributed by atoms with E-state index in [1.807, 2.05) is 6.07 Å². The number of ether oxygens (including phenoxy) is 4. The zero-order valence-electron chi connectivity index (χ0n) is 13.7. The molecule has 7 heteroatoms.